The lowest BCUT2D eigenvalue weighted by Crippen LogP contribution is -2.29. The second-order valence-electron chi connectivity index (χ2n) is 7.14. The number of aromatic nitrogens is 2. The molecule has 29 heavy (non-hydrogen) atoms. The van der Waals surface area contributed by atoms with E-state index in [1.54, 1.807) is 12.1 Å². The molecule has 2 N–H and O–H groups in total. The van der Waals surface area contributed by atoms with E-state index in [0.29, 0.717) is 5.82 Å². The van der Waals surface area contributed by atoms with E-state index < -0.39 is 0 Å². The summed E-state index contributed by atoms with van der Waals surface area (Å²) in [4.78, 5) is 14.6. The van der Waals surface area contributed by atoms with Crippen LogP contribution in [0.1, 0.15) is 28.5 Å². The highest BCUT2D eigenvalue weighted by molar-refractivity contribution is 6.30. The normalized spacial score (nSPS) is 19.1. The van der Waals surface area contributed by atoms with E-state index in [-0.39, 0.29) is 23.7 Å². The molecule has 0 radical (unpaired) electrons. The fourth-order valence-electron chi connectivity index (χ4n) is 3.68. The highest BCUT2D eigenvalue weighted by Gasteiger charge is 2.33. The van der Waals surface area contributed by atoms with Crippen LogP contribution in [0.25, 0.3) is 0 Å². The summed E-state index contributed by atoms with van der Waals surface area (Å²) in [5.74, 6) is 0.371. The minimum atomic E-state index is -0.283. The molecule has 7 heteroatoms. The molecule has 4 rings (SSSR count). The van der Waals surface area contributed by atoms with Gasteiger partial charge in [-0.05, 0) is 55.4 Å². The highest BCUT2D eigenvalue weighted by atomic mass is 35.5. The minimum Gasteiger partial charge on any atom is -0.364 e. The molecule has 1 fully saturated rings. The van der Waals surface area contributed by atoms with Crippen LogP contribution >= 0.6 is 11.6 Å². The second kappa shape index (κ2) is 8.59. The molecule has 0 saturated carbocycles. The first-order valence-electron chi connectivity index (χ1n) is 9.52. The minimum absolute atomic E-state index is 0.194. The predicted molar refractivity (Wildman–Crippen MR) is 115 cm³/mol. The number of anilines is 2. The molecule has 1 aromatic heterocycles. The number of likely N-dealkylation sites (N-methyl/N-ethyl adjacent to an activating group) is 1. The van der Waals surface area contributed by atoms with Gasteiger partial charge in [0, 0.05) is 23.3 Å². The van der Waals surface area contributed by atoms with E-state index in [0.717, 1.165) is 23.7 Å². The van der Waals surface area contributed by atoms with Gasteiger partial charge in [0.1, 0.15) is 5.82 Å². The summed E-state index contributed by atoms with van der Waals surface area (Å²) in [6, 6.07) is 21.1. The molecule has 148 valence electrons. The van der Waals surface area contributed by atoms with Crippen LogP contribution in [-0.4, -0.2) is 40.6 Å². The van der Waals surface area contributed by atoms with Gasteiger partial charge in [0.05, 0.1) is 6.04 Å². The third-order valence-corrected chi connectivity index (χ3v) is 5.37. The molecule has 2 aromatic carbocycles. The molecule has 0 aliphatic carbocycles. The van der Waals surface area contributed by atoms with Gasteiger partial charge in [-0.15, -0.1) is 10.2 Å². The van der Waals surface area contributed by atoms with Crippen molar-refractivity contribution in [1.82, 2.24) is 15.1 Å². The van der Waals surface area contributed by atoms with E-state index >= 15 is 0 Å². The number of nitrogens with zero attached hydrogens (tertiary/aromatic N) is 3. The number of hydrogen-bond acceptors (Lipinski definition) is 5. The van der Waals surface area contributed by atoms with E-state index in [1.807, 2.05) is 42.5 Å². The average Bonchev–Trinajstić information content (AvgIpc) is 3.10. The third-order valence-electron chi connectivity index (χ3n) is 5.12. The Kier molecular flexibility index (Phi) is 5.74. The Morgan fingerprint density at radius 3 is 2.48 bits per heavy atom. The Morgan fingerprint density at radius 2 is 1.79 bits per heavy atom. The number of halogens is 1. The maximum absolute atomic E-state index is 12.3. The first-order chi connectivity index (χ1) is 14.1. The van der Waals surface area contributed by atoms with Crippen molar-refractivity contribution in [1.29, 1.82) is 0 Å². The predicted octanol–water partition coefficient (Wildman–Crippen LogP) is 4.24. The van der Waals surface area contributed by atoms with Crippen molar-refractivity contribution in [3.8, 4) is 0 Å². The lowest BCUT2D eigenvalue weighted by atomic mass is 10.0. The van der Waals surface area contributed by atoms with Gasteiger partial charge in [0.15, 0.2) is 5.69 Å². The Hall–Kier alpha value is -2.96. The first-order valence-corrected chi connectivity index (χ1v) is 9.90. The Labute approximate surface area is 174 Å². The van der Waals surface area contributed by atoms with Crippen LogP contribution < -0.4 is 10.6 Å². The van der Waals surface area contributed by atoms with Crippen molar-refractivity contribution in [2.45, 2.75) is 18.5 Å². The molecule has 1 aliphatic rings. The molecular formula is C22H22ClN5O. The lowest BCUT2D eigenvalue weighted by Gasteiger charge is -2.26. The van der Waals surface area contributed by atoms with Crippen LogP contribution in [0.5, 0.6) is 0 Å². The molecule has 1 amide bonds. The summed E-state index contributed by atoms with van der Waals surface area (Å²) in [6.07, 6.45) is 0.988. The van der Waals surface area contributed by atoms with Crippen molar-refractivity contribution in [3.63, 3.8) is 0 Å². The maximum Gasteiger partial charge on any atom is 0.276 e. The zero-order valence-electron chi connectivity index (χ0n) is 16.0. The third kappa shape index (κ3) is 4.55. The molecule has 3 aromatic rings. The van der Waals surface area contributed by atoms with E-state index in [9.17, 15) is 4.79 Å². The first kappa shape index (κ1) is 19.4. The Bertz CT molecular complexity index is 963. The average molecular weight is 408 g/mol. The smallest absolute Gasteiger partial charge is 0.276 e. The monoisotopic (exact) mass is 407 g/mol. The Balaban J connectivity index is 1.44. The van der Waals surface area contributed by atoms with Gasteiger partial charge < -0.3 is 10.6 Å². The number of benzene rings is 2. The summed E-state index contributed by atoms with van der Waals surface area (Å²) >= 11 is 6.03. The number of amides is 1. The fourth-order valence-corrected chi connectivity index (χ4v) is 3.81. The molecule has 1 aliphatic heterocycles. The SMILES string of the molecule is CN1CCC(Nc2ccc(C(=O)Nc3ccccc3)nn2)C1c1ccc(Cl)cc1. The lowest BCUT2D eigenvalue weighted by molar-refractivity contribution is 0.102. The van der Waals surface area contributed by atoms with Crippen molar-refractivity contribution in [2.24, 2.45) is 0 Å². The molecule has 2 atom stereocenters. The molecule has 6 nitrogen and oxygen atoms in total. The van der Waals surface area contributed by atoms with Crippen LogP contribution in [0.3, 0.4) is 0 Å². The second-order valence-corrected chi connectivity index (χ2v) is 7.58. The summed E-state index contributed by atoms with van der Waals surface area (Å²) < 4.78 is 0. The van der Waals surface area contributed by atoms with E-state index in [2.05, 4.69) is 44.9 Å². The van der Waals surface area contributed by atoms with Gasteiger partial charge in [-0.1, -0.05) is 41.9 Å². The summed E-state index contributed by atoms with van der Waals surface area (Å²) in [5.41, 5.74) is 2.21. The quantitative estimate of drug-likeness (QED) is 0.662. The van der Waals surface area contributed by atoms with E-state index in [4.69, 9.17) is 11.6 Å². The summed E-state index contributed by atoms with van der Waals surface area (Å²) in [7, 11) is 2.11. The van der Waals surface area contributed by atoms with Crippen molar-refractivity contribution in [2.75, 3.05) is 24.2 Å². The van der Waals surface area contributed by atoms with Gasteiger partial charge in [-0.3, -0.25) is 9.69 Å². The van der Waals surface area contributed by atoms with Gasteiger partial charge in [0.2, 0.25) is 0 Å². The van der Waals surface area contributed by atoms with Gasteiger partial charge in [-0.25, -0.2) is 0 Å². The molecule has 0 bridgehead atoms. The van der Waals surface area contributed by atoms with E-state index in [1.165, 1.54) is 5.56 Å². The highest BCUT2D eigenvalue weighted by Crippen LogP contribution is 2.33. The van der Waals surface area contributed by atoms with Crippen LogP contribution in [0.15, 0.2) is 66.7 Å². The number of hydrogen-bond donors (Lipinski definition) is 2. The topological polar surface area (TPSA) is 70.2 Å². The van der Waals surface area contributed by atoms with Crippen molar-refractivity contribution in [3.05, 3.63) is 83.0 Å². The molecule has 2 heterocycles. The number of rotatable bonds is 5. The van der Waals surface area contributed by atoms with Crippen LogP contribution in [0.2, 0.25) is 5.02 Å². The standard InChI is InChI=1S/C22H22ClN5O/c1-28-14-13-18(21(28)15-7-9-16(23)10-8-15)25-20-12-11-19(26-27-20)22(29)24-17-5-3-2-4-6-17/h2-12,18,21H,13-14H2,1H3,(H,24,29)(H,25,27). The fraction of sp³-hybridized carbons (Fsp3) is 0.227. The molecule has 2 unspecified atom stereocenters. The van der Waals surface area contributed by atoms with Crippen LogP contribution in [0, 0.1) is 0 Å². The number of nitrogens with one attached hydrogen (secondary N) is 2. The summed E-state index contributed by atoms with van der Waals surface area (Å²) in [6.45, 7) is 0.982. The number of para-hydroxylation sites is 1. The van der Waals surface area contributed by atoms with Crippen molar-refractivity contribution < 1.29 is 4.79 Å². The Morgan fingerprint density at radius 1 is 1.03 bits per heavy atom. The largest absolute Gasteiger partial charge is 0.364 e. The zero-order valence-corrected chi connectivity index (χ0v) is 16.8. The molecule has 0 spiro atoms. The number of carbonyl (C=O) groups is 1. The number of likely N-dealkylation sites (tertiary alicyclic amines) is 1. The molecule has 1 saturated heterocycles. The van der Waals surface area contributed by atoms with Crippen LogP contribution in [-0.2, 0) is 0 Å². The van der Waals surface area contributed by atoms with Gasteiger partial charge >= 0.3 is 0 Å². The van der Waals surface area contributed by atoms with Gasteiger partial charge in [0.25, 0.3) is 5.91 Å². The van der Waals surface area contributed by atoms with Gasteiger partial charge in [-0.2, -0.15) is 0 Å². The zero-order chi connectivity index (χ0) is 20.2. The maximum atomic E-state index is 12.3. The van der Waals surface area contributed by atoms with Crippen LogP contribution in [0.4, 0.5) is 11.5 Å². The number of carbonyl (C=O) groups excluding carboxylic acids is 1. The molecular weight excluding hydrogens is 386 g/mol. The van der Waals surface area contributed by atoms with Crippen molar-refractivity contribution >= 4 is 29.0 Å². The summed E-state index contributed by atoms with van der Waals surface area (Å²) in [5, 5.41) is 15.3.